The Bertz CT molecular complexity index is 881. The van der Waals surface area contributed by atoms with E-state index in [0.29, 0.717) is 6.42 Å². The van der Waals surface area contributed by atoms with Crippen molar-refractivity contribution in [2.75, 3.05) is 27.7 Å². The summed E-state index contributed by atoms with van der Waals surface area (Å²) in [7, 11) is 5.85. The average Bonchev–Trinajstić information content (AvgIpc) is 3.22. The van der Waals surface area contributed by atoms with Crippen LogP contribution in [-0.2, 0) is 6.42 Å². The molecule has 0 aliphatic carbocycles. The van der Waals surface area contributed by atoms with E-state index in [-0.39, 0.29) is 5.91 Å². The molecule has 1 heterocycles. The minimum atomic E-state index is 0.203. The molecule has 0 aliphatic heterocycles. The van der Waals surface area contributed by atoms with Gasteiger partial charge in [0.1, 0.15) is 5.75 Å². The van der Waals surface area contributed by atoms with E-state index >= 15 is 0 Å². The molecule has 2 aromatic rings. The standard InChI is InChI=1S/C31H50N2O2/c1-5-6-7-8-9-10-11-12-13-14-15-16-17-18-19-20-31(34)33-26-27(23-24-32(2)3)29-25-28(35-4)21-22-30(29)33/h12-13,21-22,25-26H,5-11,14-20,23-24H2,1-4H3/b13-12-. The van der Waals surface area contributed by atoms with Crippen LogP contribution in [0.4, 0.5) is 0 Å². The van der Waals surface area contributed by atoms with E-state index in [0.717, 1.165) is 42.5 Å². The van der Waals surface area contributed by atoms with Gasteiger partial charge >= 0.3 is 0 Å². The number of methoxy groups -OCH3 is 1. The fraction of sp³-hybridized carbons (Fsp3) is 0.645. The Morgan fingerprint density at radius 3 is 2.17 bits per heavy atom. The van der Waals surface area contributed by atoms with Crippen LogP contribution in [0.2, 0.25) is 0 Å². The number of fused-ring (bicyclic) bond motifs is 1. The van der Waals surface area contributed by atoms with Crippen molar-refractivity contribution in [1.29, 1.82) is 0 Å². The Morgan fingerprint density at radius 1 is 0.914 bits per heavy atom. The van der Waals surface area contributed by atoms with Gasteiger partial charge in [-0.05, 0) is 76.4 Å². The first-order valence-corrected chi connectivity index (χ1v) is 14.1. The van der Waals surface area contributed by atoms with Crippen molar-refractivity contribution < 1.29 is 9.53 Å². The van der Waals surface area contributed by atoms with Crippen LogP contribution in [0.15, 0.2) is 36.5 Å². The fourth-order valence-electron chi connectivity index (χ4n) is 4.62. The largest absolute Gasteiger partial charge is 0.497 e. The minimum absolute atomic E-state index is 0.203. The van der Waals surface area contributed by atoms with E-state index < -0.39 is 0 Å². The van der Waals surface area contributed by atoms with Gasteiger partial charge in [-0.1, -0.05) is 70.4 Å². The Labute approximate surface area is 214 Å². The fourth-order valence-corrected chi connectivity index (χ4v) is 4.62. The Morgan fingerprint density at radius 2 is 1.54 bits per heavy atom. The zero-order valence-electron chi connectivity index (χ0n) is 23.0. The summed E-state index contributed by atoms with van der Waals surface area (Å²) >= 11 is 0. The lowest BCUT2D eigenvalue weighted by molar-refractivity contribution is 0.0904. The maximum Gasteiger partial charge on any atom is 0.231 e. The van der Waals surface area contributed by atoms with Crippen molar-refractivity contribution in [3.05, 3.63) is 42.1 Å². The second-order valence-electron chi connectivity index (χ2n) is 10.2. The lowest BCUT2D eigenvalue weighted by Crippen LogP contribution is -2.15. The number of carbonyl (C=O) groups excluding carboxylic acids is 1. The van der Waals surface area contributed by atoms with E-state index in [1.165, 1.54) is 76.2 Å². The van der Waals surface area contributed by atoms with Crippen LogP contribution in [0.5, 0.6) is 5.75 Å². The third kappa shape index (κ3) is 11.0. The van der Waals surface area contributed by atoms with Gasteiger partial charge in [0.2, 0.25) is 5.91 Å². The number of aromatic nitrogens is 1. The Kier molecular flexibility index (Phi) is 14.5. The van der Waals surface area contributed by atoms with Crippen LogP contribution in [0.1, 0.15) is 107 Å². The van der Waals surface area contributed by atoms with E-state index in [1.54, 1.807) is 7.11 Å². The van der Waals surface area contributed by atoms with Gasteiger partial charge in [0.15, 0.2) is 0 Å². The van der Waals surface area contributed by atoms with Gasteiger partial charge in [0.05, 0.1) is 12.6 Å². The highest BCUT2D eigenvalue weighted by atomic mass is 16.5. The molecule has 0 atom stereocenters. The zero-order valence-corrected chi connectivity index (χ0v) is 23.0. The molecule has 0 saturated carbocycles. The second-order valence-corrected chi connectivity index (χ2v) is 10.2. The number of hydrogen-bond donors (Lipinski definition) is 0. The van der Waals surface area contributed by atoms with Gasteiger partial charge in [-0.3, -0.25) is 9.36 Å². The van der Waals surface area contributed by atoms with Crippen molar-refractivity contribution in [1.82, 2.24) is 9.47 Å². The van der Waals surface area contributed by atoms with Crippen LogP contribution < -0.4 is 4.74 Å². The monoisotopic (exact) mass is 482 g/mol. The Balaban J connectivity index is 1.66. The van der Waals surface area contributed by atoms with Gasteiger partial charge in [-0.15, -0.1) is 0 Å². The number of carbonyl (C=O) groups is 1. The summed E-state index contributed by atoms with van der Waals surface area (Å²) in [5, 5.41) is 1.13. The summed E-state index contributed by atoms with van der Waals surface area (Å²) in [6, 6.07) is 6.03. The first-order valence-electron chi connectivity index (χ1n) is 14.1. The van der Waals surface area contributed by atoms with E-state index in [9.17, 15) is 4.79 Å². The summed E-state index contributed by atoms with van der Waals surface area (Å²) in [6.07, 6.45) is 24.9. The molecule has 0 bridgehead atoms. The first kappa shape index (κ1) is 29.2. The predicted octanol–water partition coefficient (Wildman–Crippen LogP) is 8.43. The summed E-state index contributed by atoms with van der Waals surface area (Å²) in [6.45, 7) is 3.23. The highest BCUT2D eigenvalue weighted by molar-refractivity contribution is 5.95. The van der Waals surface area contributed by atoms with Gasteiger partial charge < -0.3 is 9.64 Å². The lowest BCUT2D eigenvalue weighted by Gasteiger charge is -2.08. The molecule has 2 rings (SSSR count). The summed E-state index contributed by atoms with van der Waals surface area (Å²) < 4.78 is 7.29. The Hall–Kier alpha value is -2.07. The average molecular weight is 483 g/mol. The van der Waals surface area contributed by atoms with Crippen LogP contribution >= 0.6 is 0 Å². The molecule has 0 N–H and O–H groups in total. The molecule has 4 nitrogen and oxygen atoms in total. The lowest BCUT2D eigenvalue weighted by atomic mass is 10.1. The van der Waals surface area contributed by atoms with Crippen LogP contribution in [0.25, 0.3) is 10.9 Å². The molecule has 0 unspecified atom stereocenters. The summed E-state index contributed by atoms with van der Waals surface area (Å²) in [5.41, 5.74) is 2.21. The number of unbranched alkanes of at least 4 members (excludes halogenated alkanes) is 11. The van der Waals surface area contributed by atoms with Crippen LogP contribution in [0, 0.1) is 0 Å². The molecule has 1 aromatic heterocycles. The molecule has 0 radical (unpaired) electrons. The minimum Gasteiger partial charge on any atom is -0.497 e. The van der Waals surface area contributed by atoms with Gasteiger partial charge in [0, 0.05) is 24.5 Å². The van der Waals surface area contributed by atoms with Crippen molar-refractivity contribution >= 4 is 16.8 Å². The third-order valence-electron chi connectivity index (χ3n) is 6.84. The predicted molar refractivity (Wildman–Crippen MR) is 151 cm³/mol. The summed E-state index contributed by atoms with van der Waals surface area (Å²) in [5.74, 6) is 1.04. The number of allylic oxidation sites excluding steroid dienone is 2. The number of rotatable bonds is 19. The van der Waals surface area contributed by atoms with Gasteiger partial charge in [-0.25, -0.2) is 0 Å². The smallest absolute Gasteiger partial charge is 0.231 e. The highest BCUT2D eigenvalue weighted by Gasteiger charge is 2.14. The number of benzene rings is 1. The molecule has 0 amide bonds. The molecule has 0 fully saturated rings. The zero-order chi connectivity index (χ0) is 25.3. The maximum absolute atomic E-state index is 13.0. The molecule has 35 heavy (non-hydrogen) atoms. The van der Waals surface area contributed by atoms with Crippen molar-refractivity contribution in [2.45, 2.75) is 103 Å². The van der Waals surface area contributed by atoms with Gasteiger partial charge in [-0.2, -0.15) is 0 Å². The molecular formula is C31H50N2O2. The van der Waals surface area contributed by atoms with Crippen LogP contribution in [0.3, 0.4) is 0 Å². The molecule has 4 heteroatoms. The number of ether oxygens (including phenoxy) is 1. The maximum atomic E-state index is 13.0. The normalized spacial score (nSPS) is 11.8. The molecule has 1 aromatic carbocycles. The molecular weight excluding hydrogens is 432 g/mol. The number of nitrogens with zero attached hydrogens (tertiary/aromatic N) is 2. The van der Waals surface area contributed by atoms with E-state index in [4.69, 9.17) is 4.74 Å². The quantitative estimate of drug-likeness (QED) is 0.149. The van der Waals surface area contributed by atoms with E-state index in [1.807, 2.05) is 22.9 Å². The molecule has 196 valence electrons. The number of hydrogen-bond acceptors (Lipinski definition) is 3. The van der Waals surface area contributed by atoms with Crippen molar-refractivity contribution in [3.63, 3.8) is 0 Å². The third-order valence-corrected chi connectivity index (χ3v) is 6.84. The molecule has 0 aliphatic rings. The first-order chi connectivity index (χ1) is 17.1. The van der Waals surface area contributed by atoms with E-state index in [2.05, 4.69) is 44.1 Å². The topological polar surface area (TPSA) is 34.5 Å². The molecule has 0 saturated heterocycles. The van der Waals surface area contributed by atoms with Crippen molar-refractivity contribution in [3.8, 4) is 5.75 Å². The van der Waals surface area contributed by atoms with Crippen LogP contribution in [-0.4, -0.2) is 43.1 Å². The summed E-state index contributed by atoms with van der Waals surface area (Å²) in [4.78, 5) is 15.2. The van der Waals surface area contributed by atoms with Gasteiger partial charge in [0.25, 0.3) is 0 Å². The second kappa shape index (κ2) is 17.4. The van der Waals surface area contributed by atoms with Crippen molar-refractivity contribution in [2.24, 2.45) is 0 Å². The SMILES string of the molecule is CCCCCCCC/C=C\CCCCCCCC(=O)n1cc(CCN(C)C)c2cc(OC)ccc21. The molecule has 0 spiro atoms. The number of likely N-dealkylation sites (N-methyl/N-ethyl adjacent to an activating group) is 1. The highest BCUT2D eigenvalue weighted by Crippen LogP contribution is 2.27.